The number of likely N-dealkylation sites (N-methyl/N-ethyl adjacent to an activating group) is 1. The Morgan fingerprint density at radius 3 is 1.19 bits per heavy atom. The van der Waals surface area contributed by atoms with E-state index in [2.05, 4.69) is 146 Å². The summed E-state index contributed by atoms with van der Waals surface area (Å²) >= 11 is 0. The fraction of sp³-hybridized carbons (Fsp3) is 0.190. The number of hydrogen-bond acceptors (Lipinski definition) is 2. The number of benzene rings is 5. The van der Waals surface area contributed by atoms with Crippen LogP contribution in [-0.2, 0) is 4.79 Å². The Morgan fingerprint density at radius 1 is 0.489 bits per heavy atom. The minimum atomic E-state index is -2.74. The van der Waals surface area contributed by atoms with Gasteiger partial charge in [0.15, 0.2) is 5.70 Å². The molecule has 5 aromatic carbocycles. The topological polar surface area (TPSA) is 35.9 Å². The van der Waals surface area contributed by atoms with E-state index < -0.39 is 7.26 Å². The molecule has 0 unspecified atom stereocenters. The summed E-state index contributed by atoms with van der Waals surface area (Å²) in [5.41, 5.74) is 2.45. The van der Waals surface area contributed by atoms with Crippen LogP contribution in [0.4, 0.5) is 0 Å². The Bertz CT molecular complexity index is 1670. The Morgan fingerprint density at radius 2 is 0.830 bits per heavy atom. The molecular weight excluding hydrogens is 593 g/mol. The second-order valence-electron chi connectivity index (χ2n) is 11.2. The molecule has 0 aromatic heterocycles. The molecule has 0 spiro atoms. The van der Waals surface area contributed by atoms with Crippen LogP contribution in [0.2, 0.25) is 0 Å². The van der Waals surface area contributed by atoms with E-state index in [4.69, 9.17) is 4.99 Å². The molecule has 0 aliphatic rings. The van der Waals surface area contributed by atoms with Crippen molar-refractivity contribution in [3.05, 3.63) is 168 Å². The normalized spacial score (nSPS) is 12.3. The number of rotatable bonds is 12. The van der Waals surface area contributed by atoms with E-state index >= 15 is 4.79 Å². The molecular formula is C42H45N3OP+. The fourth-order valence-electron chi connectivity index (χ4n) is 6.27. The van der Waals surface area contributed by atoms with Crippen LogP contribution in [0.1, 0.15) is 38.8 Å². The highest BCUT2D eigenvalue weighted by molar-refractivity contribution is 8.03. The molecule has 5 aromatic rings. The molecule has 238 valence electrons. The highest BCUT2D eigenvalue weighted by atomic mass is 31.2. The molecule has 5 heteroatoms. The minimum Gasteiger partial charge on any atom is -0.357 e. The van der Waals surface area contributed by atoms with Gasteiger partial charge >= 0.3 is 0 Å². The summed E-state index contributed by atoms with van der Waals surface area (Å²) in [7, 11) is -2.74. The number of amidine groups is 1. The predicted molar refractivity (Wildman–Crippen MR) is 202 cm³/mol. The first-order valence-electron chi connectivity index (χ1n) is 16.6. The summed E-state index contributed by atoms with van der Waals surface area (Å²) in [6.45, 7) is 11.0. The van der Waals surface area contributed by atoms with Crippen molar-refractivity contribution in [3.63, 3.8) is 0 Å². The van der Waals surface area contributed by atoms with Crippen LogP contribution in [0.5, 0.6) is 0 Å². The van der Waals surface area contributed by atoms with Gasteiger partial charge in [-0.05, 0) is 64.1 Å². The van der Waals surface area contributed by atoms with Gasteiger partial charge < -0.3 is 9.80 Å². The van der Waals surface area contributed by atoms with E-state index in [9.17, 15) is 0 Å². The lowest BCUT2D eigenvalue weighted by Gasteiger charge is -2.32. The highest BCUT2D eigenvalue weighted by Crippen LogP contribution is 2.67. The van der Waals surface area contributed by atoms with Crippen molar-refractivity contribution in [2.45, 2.75) is 27.7 Å². The SMILES string of the molecule is CCN(CC)C(=O)C(N=C(c1ccccc1)N(CC)CC)=C(c1ccccc1)[P+](c1ccccc1)(c1ccccc1)c1ccccc1. The number of hydrogen-bond donors (Lipinski definition) is 0. The molecule has 0 radical (unpaired) electrons. The summed E-state index contributed by atoms with van der Waals surface area (Å²) in [6, 6.07) is 52.9. The molecule has 0 saturated carbocycles. The van der Waals surface area contributed by atoms with Crippen LogP contribution >= 0.6 is 7.26 Å². The zero-order valence-corrected chi connectivity index (χ0v) is 28.9. The van der Waals surface area contributed by atoms with E-state index in [1.165, 1.54) is 15.9 Å². The standard InChI is InChI=1S/C42H45N3OP/c1-5-44(6-2)41(35-26-16-10-17-27-35)43-39(42(46)45(7-3)8-4)40(34-24-14-9-15-25-34)47(36-28-18-11-19-29-36,37-30-20-12-21-31-37)38-32-22-13-23-33-38/h9-33H,5-8H2,1-4H3/q+1. The summed E-state index contributed by atoms with van der Waals surface area (Å²) in [4.78, 5) is 24.9. The molecule has 0 fully saturated rings. The van der Waals surface area contributed by atoms with E-state index in [1.54, 1.807) is 0 Å². The average molecular weight is 639 g/mol. The van der Waals surface area contributed by atoms with Crippen LogP contribution in [0.25, 0.3) is 5.31 Å². The van der Waals surface area contributed by atoms with Gasteiger partial charge in [0, 0.05) is 37.3 Å². The number of nitrogens with zero attached hydrogens (tertiary/aromatic N) is 3. The smallest absolute Gasteiger partial charge is 0.276 e. The molecule has 0 N–H and O–H groups in total. The fourth-order valence-corrected chi connectivity index (χ4v) is 10.8. The van der Waals surface area contributed by atoms with E-state index in [-0.39, 0.29) is 5.91 Å². The number of aliphatic imine (C=N–C) groups is 1. The predicted octanol–water partition coefficient (Wildman–Crippen LogP) is 8.01. The molecule has 0 aliphatic carbocycles. The van der Waals surface area contributed by atoms with Crippen molar-refractivity contribution in [2.24, 2.45) is 4.99 Å². The quantitative estimate of drug-likeness (QED) is 0.0601. The van der Waals surface area contributed by atoms with Crippen LogP contribution in [-0.4, -0.2) is 47.7 Å². The van der Waals surface area contributed by atoms with E-state index in [0.29, 0.717) is 18.8 Å². The molecule has 0 saturated heterocycles. The maximum Gasteiger partial charge on any atom is 0.276 e. The molecule has 4 nitrogen and oxygen atoms in total. The Labute approximate surface area is 281 Å². The molecule has 1 amide bonds. The summed E-state index contributed by atoms with van der Waals surface area (Å²) in [5, 5.41) is 4.46. The molecule has 5 rings (SSSR count). The van der Waals surface area contributed by atoms with Gasteiger partial charge in [0.05, 0.1) is 0 Å². The maximum absolute atomic E-state index is 15.2. The summed E-state index contributed by atoms with van der Waals surface area (Å²) in [6.07, 6.45) is 0. The van der Waals surface area contributed by atoms with Crippen molar-refractivity contribution >= 4 is 40.2 Å². The van der Waals surface area contributed by atoms with Gasteiger partial charge in [0.1, 0.15) is 34.3 Å². The highest BCUT2D eigenvalue weighted by Gasteiger charge is 2.53. The zero-order valence-electron chi connectivity index (χ0n) is 28.0. The molecule has 0 heterocycles. The van der Waals surface area contributed by atoms with Gasteiger partial charge in [-0.15, -0.1) is 0 Å². The van der Waals surface area contributed by atoms with Crippen molar-refractivity contribution < 1.29 is 4.79 Å². The maximum atomic E-state index is 15.2. The van der Waals surface area contributed by atoms with Crippen molar-refractivity contribution in [3.8, 4) is 0 Å². The van der Waals surface area contributed by atoms with Gasteiger partial charge in [0.25, 0.3) is 5.91 Å². The number of carbonyl (C=O) groups excluding carboxylic acids is 1. The Hall–Kier alpha value is -4.79. The Balaban J connectivity index is 2.09. The number of amides is 1. The van der Waals surface area contributed by atoms with Gasteiger partial charge in [0.2, 0.25) is 0 Å². The van der Waals surface area contributed by atoms with Gasteiger partial charge in [-0.3, -0.25) is 4.79 Å². The molecule has 0 bridgehead atoms. The third kappa shape index (κ3) is 6.99. The lowest BCUT2D eigenvalue weighted by Crippen LogP contribution is -2.37. The molecule has 47 heavy (non-hydrogen) atoms. The van der Waals surface area contributed by atoms with E-state index in [0.717, 1.165) is 35.4 Å². The van der Waals surface area contributed by atoms with Crippen molar-refractivity contribution in [1.82, 2.24) is 9.80 Å². The largest absolute Gasteiger partial charge is 0.357 e. The Kier molecular flexibility index (Phi) is 11.5. The zero-order chi connectivity index (χ0) is 33.1. The van der Waals surface area contributed by atoms with Gasteiger partial charge in [-0.1, -0.05) is 115 Å². The first kappa shape index (κ1) is 33.6. The second-order valence-corrected chi connectivity index (χ2v) is 14.5. The average Bonchev–Trinajstić information content (AvgIpc) is 3.15. The third-order valence-electron chi connectivity index (χ3n) is 8.60. The van der Waals surface area contributed by atoms with Gasteiger partial charge in [-0.25, -0.2) is 4.99 Å². The molecule has 0 aliphatic heterocycles. The molecule has 0 atom stereocenters. The first-order chi connectivity index (χ1) is 23.1. The summed E-state index contributed by atoms with van der Waals surface area (Å²) in [5.74, 6) is 0.730. The minimum absolute atomic E-state index is 0.0680. The van der Waals surface area contributed by atoms with Crippen molar-refractivity contribution in [2.75, 3.05) is 26.2 Å². The van der Waals surface area contributed by atoms with E-state index in [1.807, 2.05) is 43.0 Å². The van der Waals surface area contributed by atoms with Crippen LogP contribution in [0, 0.1) is 0 Å². The van der Waals surface area contributed by atoms with Crippen molar-refractivity contribution in [1.29, 1.82) is 0 Å². The lowest BCUT2D eigenvalue weighted by atomic mass is 10.1. The van der Waals surface area contributed by atoms with Gasteiger partial charge in [-0.2, -0.15) is 0 Å². The van der Waals surface area contributed by atoms with Crippen LogP contribution < -0.4 is 15.9 Å². The van der Waals surface area contributed by atoms with Crippen LogP contribution in [0.15, 0.2) is 162 Å². The lowest BCUT2D eigenvalue weighted by molar-refractivity contribution is -0.126. The monoisotopic (exact) mass is 638 g/mol. The first-order valence-corrected chi connectivity index (χ1v) is 18.4. The third-order valence-corrected chi connectivity index (χ3v) is 13.0. The number of carbonyl (C=O) groups is 1. The summed E-state index contributed by atoms with van der Waals surface area (Å²) < 4.78 is 0. The second kappa shape index (κ2) is 16.2. The van der Waals surface area contributed by atoms with Crippen LogP contribution in [0.3, 0.4) is 0 Å².